The second kappa shape index (κ2) is 8.68. The number of ether oxygens (including phenoxy) is 1. The molecule has 3 N–H and O–H groups in total. The molecule has 1 fully saturated rings. The predicted octanol–water partition coefficient (Wildman–Crippen LogP) is 1.53. The van der Waals surface area contributed by atoms with Crippen LogP contribution in [0.3, 0.4) is 0 Å². The summed E-state index contributed by atoms with van der Waals surface area (Å²) in [4.78, 5) is 24.5. The fourth-order valence-corrected chi connectivity index (χ4v) is 3.18. The minimum atomic E-state index is -2.05. The summed E-state index contributed by atoms with van der Waals surface area (Å²) >= 11 is 0. The highest BCUT2D eigenvalue weighted by atomic mass is 16.5. The van der Waals surface area contributed by atoms with Gasteiger partial charge in [-0.2, -0.15) is 0 Å². The number of methoxy groups -OCH3 is 1. The molecule has 6 nitrogen and oxygen atoms in total. The first-order valence-corrected chi connectivity index (χ1v) is 8.97. The van der Waals surface area contributed by atoms with E-state index in [4.69, 9.17) is 4.74 Å². The van der Waals surface area contributed by atoms with Gasteiger partial charge in [-0.05, 0) is 20.3 Å². The Hall–Kier alpha value is -1.58. The van der Waals surface area contributed by atoms with Gasteiger partial charge < -0.3 is 20.3 Å². The van der Waals surface area contributed by atoms with Gasteiger partial charge in [-0.15, -0.1) is 5.92 Å². The molecule has 0 saturated carbocycles. The van der Waals surface area contributed by atoms with Crippen molar-refractivity contribution in [1.82, 2.24) is 5.32 Å². The van der Waals surface area contributed by atoms with Gasteiger partial charge in [0.05, 0.1) is 19.1 Å². The van der Waals surface area contributed by atoms with Gasteiger partial charge in [0.1, 0.15) is 0 Å². The second-order valence-corrected chi connectivity index (χ2v) is 7.16. The Morgan fingerprint density at radius 1 is 1.20 bits per heavy atom. The fraction of sp³-hybridized carbons (Fsp3) is 0.789. The molecule has 0 bridgehead atoms. The summed E-state index contributed by atoms with van der Waals surface area (Å²) in [5.74, 6) is 4.13. The molecule has 0 spiro atoms. The van der Waals surface area contributed by atoms with E-state index in [1.807, 2.05) is 0 Å². The van der Waals surface area contributed by atoms with Crippen molar-refractivity contribution in [1.29, 1.82) is 0 Å². The lowest BCUT2D eigenvalue weighted by atomic mass is 9.68. The van der Waals surface area contributed by atoms with E-state index in [0.29, 0.717) is 6.42 Å². The van der Waals surface area contributed by atoms with E-state index in [-0.39, 0.29) is 0 Å². The number of rotatable bonds is 8. The lowest BCUT2D eigenvalue weighted by molar-refractivity contribution is -0.162. The Balaban J connectivity index is 2.93. The molecule has 0 radical (unpaired) electrons. The maximum absolute atomic E-state index is 12.3. The highest BCUT2D eigenvalue weighted by Crippen LogP contribution is 2.45. The molecule has 0 aliphatic carbocycles. The third kappa shape index (κ3) is 3.83. The second-order valence-electron chi connectivity index (χ2n) is 7.16. The number of esters is 1. The number of hydrogen-bond donors (Lipinski definition) is 3. The van der Waals surface area contributed by atoms with E-state index in [1.165, 1.54) is 33.1 Å². The standard InChI is InChI=1S/C19H31NO5/c1-5-6-7-8-9-10-11-12-13-19(24)17(2,3)15(22)20-18(19,14-21)16(23)25-4/h21,24H,5-11,14H2,1-4H3,(H,20,22)/t18-,19-/m0/s1. The van der Waals surface area contributed by atoms with Crippen LogP contribution in [0, 0.1) is 17.3 Å². The molecule has 1 amide bonds. The van der Waals surface area contributed by atoms with E-state index >= 15 is 0 Å². The van der Waals surface area contributed by atoms with Crippen LogP contribution >= 0.6 is 0 Å². The number of hydrogen-bond acceptors (Lipinski definition) is 5. The molecule has 1 saturated heterocycles. The summed E-state index contributed by atoms with van der Waals surface area (Å²) in [6, 6.07) is 0. The first-order chi connectivity index (χ1) is 11.7. The van der Waals surface area contributed by atoms with Crippen LogP contribution in [0.1, 0.15) is 65.7 Å². The van der Waals surface area contributed by atoms with E-state index in [2.05, 4.69) is 24.1 Å². The lowest BCUT2D eigenvalue weighted by Gasteiger charge is -2.39. The zero-order valence-electron chi connectivity index (χ0n) is 15.8. The molecule has 1 rings (SSSR count). The number of amides is 1. The molecule has 0 aromatic rings. The number of aliphatic hydroxyl groups excluding tert-OH is 1. The molecule has 6 heteroatoms. The summed E-state index contributed by atoms with van der Waals surface area (Å²) in [5.41, 5.74) is -5.39. The zero-order chi connectivity index (χ0) is 19.1. The summed E-state index contributed by atoms with van der Waals surface area (Å²) in [6.45, 7) is 4.38. The number of unbranched alkanes of at least 4 members (excludes halogenated alkanes) is 6. The Bertz CT molecular complexity index is 548. The van der Waals surface area contributed by atoms with Gasteiger partial charge in [-0.1, -0.05) is 44.9 Å². The third-order valence-electron chi connectivity index (χ3n) is 5.11. The molecule has 0 aromatic carbocycles. The molecule has 0 unspecified atom stereocenters. The molecule has 25 heavy (non-hydrogen) atoms. The van der Waals surface area contributed by atoms with Gasteiger partial charge >= 0.3 is 5.97 Å². The lowest BCUT2D eigenvalue weighted by Crippen LogP contribution is -2.67. The van der Waals surface area contributed by atoms with Crippen molar-refractivity contribution in [2.24, 2.45) is 5.41 Å². The van der Waals surface area contributed by atoms with Gasteiger partial charge in [-0.3, -0.25) is 4.79 Å². The highest BCUT2D eigenvalue weighted by Gasteiger charge is 2.72. The number of carbonyl (C=O) groups excluding carboxylic acids is 2. The van der Waals surface area contributed by atoms with Crippen LogP contribution in [0.25, 0.3) is 0 Å². The topological polar surface area (TPSA) is 95.9 Å². The number of nitrogens with one attached hydrogen (secondary N) is 1. The minimum absolute atomic E-state index is 0.552. The smallest absolute Gasteiger partial charge is 0.338 e. The first-order valence-electron chi connectivity index (χ1n) is 8.97. The van der Waals surface area contributed by atoms with Crippen molar-refractivity contribution in [3.8, 4) is 11.8 Å². The maximum atomic E-state index is 12.3. The molecule has 142 valence electrons. The quantitative estimate of drug-likeness (QED) is 0.349. The maximum Gasteiger partial charge on any atom is 0.338 e. The van der Waals surface area contributed by atoms with Gasteiger partial charge in [0.15, 0.2) is 5.60 Å². The Morgan fingerprint density at radius 2 is 1.80 bits per heavy atom. The monoisotopic (exact) mass is 353 g/mol. The highest BCUT2D eigenvalue weighted by molar-refractivity contribution is 5.99. The SMILES string of the molecule is CCCCCCCCC#C[C@]1(O)C(C)(C)C(=O)N[C@@]1(CO)C(=O)OC. The molecule has 1 aliphatic heterocycles. The Labute approximate surface area is 150 Å². The van der Waals surface area contributed by atoms with Crippen LogP contribution in [0.15, 0.2) is 0 Å². The largest absolute Gasteiger partial charge is 0.467 e. The summed E-state index contributed by atoms with van der Waals surface area (Å²) < 4.78 is 4.71. The first kappa shape index (κ1) is 21.5. The van der Waals surface area contributed by atoms with Gasteiger partial charge in [0, 0.05) is 6.42 Å². The molecular formula is C19H31NO5. The van der Waals surface area contributed by atoms with Gasteiger partial charge in [0.2, 0.25) is 11.4 Å². The molecule has 1 aliphatic rings. The van der Waals surface area contributed by atoms with Crippen molar-refractivity contribution in [2.45, 2.75) is 76.9 Å². The Kier molecular flexibility index (Phi) is 7.45. The van der Waals surface area contributed by atoms with Gasteiger partial charge in [0.25, 0.3) is 0 Å². The molecule has 2 atom stereocenters. The molecular weight excluding hydrogens is 322 g/mol. The van der Waals surface area contributed by atoms with Crippen molar-refractivity contribution in [3.63, 3.8) is 0 Å². The molecule has 1 heterocycles. The Morgan fingerprint density at radius 3 is 2.36 bits per heavy atom. The number of carbonyl (C=O) groups is 2. The molecule has 0 aromatic heterocycles. The minimum Gasteiger partial charge on any atom is -0.467 e. The fourth-order valence-electron chi connectivity index (χ4n) is 3.18. The van der Waals surface area contributed by atoms with Crippen molar-refractivity contribution in [3.05, 3.63) is 0 Å². The van der Waals surface area contributed by atoms with Crippen LogP contribution in [0.2, 0.25) is 0 Å². The van der Waals surface area contributed by atoms with Crippen LogP contribution in [-0.4, -0.2) is 46.9 Å². The predicted molar refractivity (Wildman–Crippen MR) is 94.5 cm³/mol. The normalized spacial score (nSPS) is 27.4. The van der Waals surface area contributed by atoms with Crippen molar-refractivity contribution >= 4 is 11.9 Å². The number of aliphatic hydroxyl groups is 2. The van der Waals surface area contributed by atoms with Crippen LogP contribution < -0.4 is 5.32 Å². The zero-order valence-corrected chi connectivity index (χ0v) is 15.8. The van der Waals surface area contributed by atoms with Crippen molar-refractivity contribution < 1.29 is 24.5 Å². The van der Waals surface area contributed by atoms with Crippen LogP contribution in [-0.2, 0) is 14.3 Å². The van der Waals surface area contributed by atoms with Crippen molar-refractivity contribution in [2.75, 3.05) is 13.7 Å². The van der Waals surface area contributed by atoms with Crippen LogP contribution in [0.4, 0.5) is 0 Å². The summed E-state index contributed by atoms with van der Waals surface area (Å²) in [7, 11) is 1.14. The van der Waals surface area contributed by atoms with E-state index < -0.39 is 35.0 Å². The average molecular weight is 353 g/mol. The third-order valence-corrected chi connectivity index (χ3v) is 5.11. The van der Waals surface area contributed by atoms with E-state index in [0.717, 1.165) is 26.4 Å². The van der Waals surface area contributed by atoms with Gasteiger partial charge in [-0.25, -0.2) is 4.79 Å². The van der Waals surface area contributed by atoms with E-state index in [9.17, 15) is 19.8 Å². The average Bonchev–Trinajstić information content (AvgIpc) is 2.74. The summed E-state index contributed by atoms with van der Waals surface area (Å²) in [5, 5.41) is 23.3. The van der Waals surface area contributed by atoms with E-state index in [1.54, 1.807) is 0 Å². The summed E-state index contributed by atoms with van der Waals surface area (Å²) in [6.07, 6.45) is 7.27. The van der Waals surface area contributed by atoms with Crippen LogP contribution in [0.5, 0.6) is 0 Å².